The lowest BCUT2D eigenvalue weighted by molar-refractivity contribution is 0.542. The number of benzene rings is 2. The zero-order valence-corrected chi connectivity index (χ0v) is 11.4. The molecule has 2 aromatic rings. The van der Waals surface area contributed by atoms with E-state index in [9.17, 15) is 26.3 Å². The van der Waals surface area contributed by atoms with E-state index >= 15 is 0 Å². The van der Waals surface area contributed by atoms with E-state index in [0.29, 0.717) is 24.3 Å². The first-order valence-corrected chi connectivity index (χ1v) is 6.47. The Morgan fingerprint density at radius 2 is 0.913 bits per heavy atom. The molecule has 1 fully saturated rings. The number of halogens is 6. The molecule has 1 aliphatic rings. The van der Waals surface area contributed by atoms with Gasteiger partial charge in [0.05, 0.1) is 0 Å². The van der Waals surface area contributed by atoms with E-state index in [1.54, 1.807) is 0 Å². The quantitative estimate of drug-likeness (QED) is 0.772. The Balaban J connectivity index is 1.91. The Kier molecular flexibility index (Phi) is 3.83. The van der Waals surface area contributed by atoms with E-state index < -0.39 is 46.3 Å². The van der Waals surface area contributed by atoms with E-state index in [4.69, 9.17) is 0 Å². The van der Waals surface area contributed by atoms with Gasteiger partial charge in [0.1, 0.15) is 23.0 Å². The zero-order chi connectivity index (χ0) is 16.7. The number of hydrogen-bond donors (Lipinski definition) is 0. The summed E-state index contributed by atoms with van der Waals surface area (Å²) in [5, 5.41) is 0. The molecule has 0 amide bonds. The van der Waals surface area contributed by atoms with Gasteiger partial charge in [-0.1, -0.05) is 0 Å². The Morgan fingerprint density at radius 3 is 1.22 bits per heavy atom. The molecule has 0 saturated carbocycles. The molecule has 0 N–H and O–H groups in total. The first-order chi connectivity index (χ1) is 10.9. The van der Waals surface area contributed by atoms with E-state index in [0.717, 1.165) is 9.80 Å². The summed E-state index contributed by atoms with van der Waals surface area (Å²) in [5.41, 5.74) is -1.17. The lowest BCUT2D eigenvalue weighted by atomic mass is 10.2. The lowest BCUT2D eigenvalue weighted by Gasteiger charge is -2.20. The molecule has 0 unspecified atom stereocenters. The SMILES string of the molecule is Fc1cc(F)c(N2[C]N(c3c(F)cc(F)cc3F)CC2)c(F)c1. The summed E-state index contributed by atoms with van der Waals surface area (Å²) >= 11 is 0. The van der Waals surface area contributed by atoms with Crippen LogP contribution in [0.5, 0.6) is 0 Å². The van der Waals surface area contributed by atoms with Crippen molar-refractivity contribution in [1.82, 2.24) is 0 Å². The maximum Gasteiger partial charge on any atom is 0.209 e. The van der Waals surface area contributed by atoms with Crippen LogP contribution in [0.3, 0.4) is 0 Å². The monoisotopic (exact) mass is 330 g/mol. The summed E-state index contributed by atoms with van der Waals surface area (Å²) in [7, 11) is 0. The molecular formula is C15H8F6N2. The van der Waals surface area contributed by atoms with Gasteiger partial charge in [-0.2, -0.15) is 0 Å². The molecule has 3 rings (SSSR count). The molecule has 0 bridgehead atoms. The third kappa shape index (κ3) is 2.80. The van der Waals surface area contributed by atoms with E-state index in [1.165, 1.54) is 0 Å². The fourth-order valence-electron chi connectivity index (χ4n) is 2.35. The number of anilines is 2. The van der Waals surface area contributed by atoms with E-state index in [2.05, 4.69) is 6.67 Å². The summed E-state index contributed by atoms with van der Waals surface area (Å²) in [6.45, 7) is 2.30. The van der Waals surface area contributed by atoms with Crippen molar-refractivity contribution < 1.29 is 26.3 Å². The number of rotatable bonds is 2. The molecule has 0 aliphatic carbocycles. The van der Waals surface area contributed by atoms with Gasteiger partial charge >= 0.3 is 0 Å². The summed E-state index contributed by atoms with van der Waals surface area (Å²) < 4.78 is 80.7. The van der Waals surface area contributed by atoms with Crippen LogP contribution in [0.15, 0.2) is 24.3 Å². The molecule has 2 radical (unpaired) electrons. The van der Waals surface area contributed by atoms with Gasteiger partial charge in [-0.25, -0.2) is 26.3 Å². The van der Waals surface area contributed by atoms with E-state index in [1.807, 2.05) is 0 Å². The zero-order valence-electron chi connectivity index (χ0n) is 11.4. The van der Waals surface area contributed by atoms with Gasteiger partial charge < -0.3 is 9.80 Å². The van der Waals surface area contributed by atoms with Crippen LogP contribution in [0.25, 0.3) is 0 Å². The molecule has 120 valence electrons. The van der Waals surface area contributed by atoms with Gasteiger partial charge in [-0.05, 0) is 0 Å². The molecule has 1 heterocycles. The molecule has 1 aliphatic heterocycles. The summed E-state index contributed by atoms with van der Waals surface area (Å²) in [6.07, 6.45) is 0. The molecule has 1 saturated heterocycles. The first kappa shape index (κ1) is 15.5. The fourth-order valence-corrected chi connectivity index (χ4v) is 2.35. The normalized spacial score (nSPS) is 14.7. The highest BCUT2D eigenvalue weighted by Crippen LogP contribution is 2.33. The van der Waals surface area contributed by atoms with Crippen molar-refractivity contribution >= 4 is 11.4 Å². The average Bonchev–Trinajstić information content (AvgIpc) is 2.85. The number of hydrogen-bond acceptors (Lipinski definition) is 2. The summed E-state index contributed by atoms with van der Waals surface area (Å²) in [4.78, 5) is 1.87. The van der Waals surface area contributed by atoms with E-state index in [-0.39, 0.29) is 13.1 Å². The van der Waals surface area contributed by atoms with Crippen molar-refractivity contribution in [2.24, 2.45) is 0 Å². The van der Waals surface area contributed by atoms with Gasteiger partial charge in [0, 0.05) is 37.4 Å². The highest BCUT2D eigenvalue weighted by Gasteiger charge is 2.30. The van der Waals surface area contributed by atoms with Crippen molar-refractivity contribution in [1.29, 1.82) is 0 Å². The Labute approximate surface area is 127 Å². The maximum absolute atomic E-state index is 13.7. The van der Waals surface area contributed by atoms with Crippen molar-refractivity contribution in [3.63, 3.8) is 0 Å². The summed E-state index contributed by atoms with van der Waals surface area (Å²) in [5.74, 6) is -6.85. The molecule has 2 nitrogen and oxygen atoms in total. The van der Waals surface area contributed by atoms with Crippen molar-refractivity contribution in [3.8, 4) is 0 Å². The third-order valence-corrected chi connectivity index (χ3v) is 3.29. The minimum atomic E-state index is -1.17. The highest BCUT2D eigenvalue weighted by molar-refractivity contribution is 5.60. The molecule has 0 atom stereocenters. The van der Waals surface area contributed by atoms with Crippen molar-refractivity contribution in [2.45, 2.75) is 0 Å². The van der Waals surface area contributed by atoms with Crippen LogP contribution in [-0.4, -0.2) is 13.1 Å². The molecule has 23 heavy (non-hydrogen) atoms. The lowest BCUT2D eigenvalue weighted by Crippen LogP contribution is -2.22. The van der Waals surface area contributed by atoms with Crippen LogP contribution in [0, 0.1) is 41.6 Å². The number of nitrogens with zero attached hydrogens (tertiary/aromatic N) is 2. The van der Waals surface area contributed by atoms with Crippen LogP contribution in [-0.2, 0) is 0 Å². The maximum atomic E-state index is 13.7. The highest BCUT2D eigenvalue weighted by atomic mass is 19.2. The van der Waals surface area contributed by atoms with Crippen LogP contribution >= 0.6 is 0 Å². The first-order valence-electron chi connectivity index (χ1n) is 6.47. The standard InChI is InChI=1S/C15H8F6N2/c16-8-3-10(18)14(11(19)4-8)22-1-2-23(7-22)15-12(20)5-9(17)6-13(15)21/h3-6H,1-2H2. The molecule has 0 aromatic heterocycles. The van der Waals surface area contributed by atoms with Gasteiger partial charge in [0.15, 0.2) is 23.3 Å². The molecule has 8 heteroatoms. The Morgan fingerprint density at radius 1 is 0.609 bits per heavy atom. The van der Waals surface area contributed by atoms with Crippen molar-refractivity contribution in [3.05, 3.63) is 65.8 Å². The molecule has 0 spiro atoms. The predicted molar refractivity (Wildman–Crippen MR) is 70.6 cm³/mol. The van der Waals surface area contributed by atoms with Gasteiger partial charge in [-0.15, -0.1) is 0 Å². The second-order valence-corrected chi connectivity index (χ2v) is 4.84. The third-order valence-electron chi connectivity index (χ3n) is 3.29. The van der Waals surface area contributed by atoms with Crippen LogP contribution < -0.4 is 9.80 Å². The Bertz CT molecular complexity index is 654. The van der Waals surface area contributed by atoms with Crippen LogP contribution in [0.1, 0.15) is 0 Å². The smallest absolute Gasteiger partial charge is 0.209 e. The van der Waals surface area contributed by atoms with Crippen LogP contribution in [0.4, 0.5) is 37.7 Å². The van der Waals surface area contributed by atoms with Gasteiger partial charge in [0.2, 0.25) is 6.67 Å². The molecule has 2 aromatic carbocycles. The topological polar surface area (TPSA) is 6.48 Å². The minimum Gasteiger partial charge on any atom is -0.335 e. The second-order valence-electron chi connectivity index (χ2n) is 4.84. The largest absolute Gasteiger partial charge is 0.335 e. The van der Waals surface area contributed by atoms with Gasteiger partial charge in [0.25, 0.3) is 0 Å². The minimum absolute atomic E-state index is 0.0459. The van der Waals surface area contributed by atoms with Crippen LogP contribution in [0.2, 0.25) is 0 Å². The predicted octanol–water partition coefficient (Wildman–Crippen LogP) is 3.84. The fraction of sp³-hybridized carbons (Fsp3) is 0.133. The van der Waals surface area contributed by atoms with Crippen molar-refractivity contribution in [2.75, 3.05) is 22.9 Å². The second kappa shape index (κ2) is 5.68. The Hall–Kier alpha value is -2.38. The summed E-state index contributed by atoms with van der Waals surface area (Å²) in [6, 6.07) is 1.95. The average molecular weight is 330 g/mol. The van der Waals surface area contributed by atoms with Gasteiger partial charge in [-0.3, -0.25) is 0 Å². The molecular weight excluding hydrogens is 322 g/mol.